The maximum absolute atomic E-state index is 11.7. The van der Waals surface area contributed by atoms with Crippen LogP contribution in [-0.4, -0.2) is 69.6 Å². The van der Waals surface area contributed by atoms with Gasteiger partial charge in [0.05, 0.1) is 23.7 Å². The molecular formula is C21H23N7O2S. The van der Waals surface area contributed by atoms with Crippen molar-refractivity contribution in [3.05, 3.63) is 54.5 Å². The number of rotatable bonds is 4. The molecule has 0 spiro atoms. The molecule has 160 valence electrons. The number of hydrogen-bond donors (Lipinski definition) is 1. The molecule has 0 amide bonds. The summed E-state index contributed by atoms with van der Waals surface area (Å²) >= 11 is 0. The summed E-state index contributed by atoms with van der Waals surface area (Å²) in [5, 5.41) is 5.46. The van der Waals surface area contributed by atoms with Gasteiger partial charge in [-0.25, -0.2) is 13.4 Å². The van der Waals surface area contributed by atoms with E-state index in [4.69, 9.17) is 10.7 Å². The Hall–Kier alpha value is -3.08. The number of nitrogen functional groups attached to an aromatic ring is 1. The Bertz CT molecular complexity index is 1380. The summed E-state index contributed by atoms with van der Waals surface area (Å²) < 4.78 is 26.6. The van der Waals surface area contributed by atoms with Crippen LogP contribution in [-0.2, 0) is 16.6 Å². The van der Waals surface area contributed by atoms with E-state index in [9.17, 15) is 8.42 Å². The summed E-state index contributed by atoms with van der Waals surface area (Å²) in [5.74, 6) is 0.509. The van der Waals surface area contributed by atoms with Gasteiger partial charge in [0.2, 0.25) is 10.0 Å². The van der Waals surface area contributed by atoms with Crippen molar-refractivity contribution in [3.63, 3.8) is 0 Å². The van der Waals surface area contributed by atoms with E-state index < -0.39 is 10.0 Å². The number of aromatic nitrogens is 4. The predicted octanol–water partition coefficient (Wildman–Crippen LogP) is 1.60. The fraction of sp³-hybridized carbons (Fsp3) is 0.286. The molecule has 1 aliphatic rings. The first-order chi connectivity index (χ1) is 14.9. The van der Waals surface area contributed by atoms with Crippen LogP contribution in [0.4, 0.5) is 5.82 Å². The minimum atomic E-state index is -3.15. The minimum Gasteiger partial charge on any atom is -0.384 e. The van der Waals surface area contributed by atoms with Gasteiger partial charge in [0.1, 0.15) is 5.82 Å². The second-order valence-electron chi connectivity index (χ2n) is 7.82. The average Bonchev–Trinajstić information content (AvgIpc) is 3.18. The normalized spacial score (nSPS) is 16.3. The first-order valence-corrected chi connectivity index (χ1v) is 11.9. The van der Waals surface area contributed by atoms with Crippen LogP contribution in [0.1, 0.15) is 5.69 Å². The van der Waals surface area contributed by atoms with Crippen LogP contribution in [0.25, 0.3) is 27.7 Å². The summed E-state index contributed by atoms with van der Waals surface area (Å²) in [5.41, 5.74) is 10.5. The Morgan fingerprint density at radius 2 is 1.84 bits per heavy atom. The van der Waals surface area contributed by atoms with E-state index in [-0.39, 0.29) is 0 Å². The second-order valence-corrected chi connectivity index (χ2v) is 9.80. The fourth-order valence-corrected chi connectivity index (χ4v) is 4.82. The number of para-hydroxylation sites is 1. The summed E-state index contributed by atoms with van der Waals surface area (Å²) in [6, 6.07) is 11.9. The van der Waals surface area contributed by atoms with Crippen LogP contribution in [0.5, 0.6) is 0 Å². The summed E-state index contributed by atoms with van der Waals surface area (Å²) in [6.07, 6.45) is 4.84. The zero-order chi connectivity index (χ0) is 21.6. The highest BCUT2D eigenvalue weighted by molar-refractivity contribution is 7.88. The van der Waals surface area contributed by atoms with Crippen LogP contribution in [0.3, 0.4) is 0 Å². The molecule has 0 radical (unpaired) electrons. The van der Waals surface area contributed by atoms with Crippen molar-refractivity contribution in [3.8, 4) is 11.1 Å². The number of nitrogens with two attached hydrogens (primary N) is 1. The van der Waals surface area contributed by atoms with E-state index in [1.54, 1.807) is 10.7 Å². The Morgan fingerprint density at radius 1 is 1.06 bits per heavy atom. The lowest BCUT2D eigenvalue weighted by atomic mass is 10.1. The molecule has 3 aromatic heterocycles. The van der Waals surface area contributed by atoms with Crippen molar-refractivity contribution >= 4 is 32.4 Å². The van der Waals surface area contributed by atoms with Crippen LogP contribution in [0.15, 0.2) is 48.8 Å². The number of benzene rings is 1. The number of fused-ring (bicyclic) bond motifs is 2. The van der Waals surface area contributed by atoms with Crippen LogP contribution < -0.4 is 5.73 Å². The lowest BCUT2D eigenvalue weighted by Gasteiger charge is -2.32. The quantitative estimate of drug-likeness (QED) is 0.516. The molecule has 4 heterocycles. The Balaban J connectivity index is 1.45. The molecule has 1 aromatic carbocycles. The van der Waals surface area contributed by atoms with E-state index in [1.807, 2.05) is 36.5 Å². The van der Waals surface area contributed by atoms with Gasteiger partial charge in [-0.15, -0.1) is 0 Å². The van der Waals surface area contributed by atoms with Gasteiger partial charge in [0, 0.05) is 61.5 Å². The van der Waals surface area contributed by atoms with Gasteiger partial charge in [-0.3, -0.25) is 9.88 Å². The average molecular weight is 438 g/mol. The van der Waals surface area contributed by atoms with Gasteiger partial charge in [-0.05, 0) is 12.1 Å². The molecule has 0 saturated carbocycles. The van der Waals surface area contributed by atoms with Gasteiger partial charge < -0.3 is 5.73 Å². The van der Waals surface area contributed by atoms with Crippen LogP contribution in [0.2, 0.25) is 0 Å². The first kappa shape index (κ1) is 19.9. The molecule has 2 N–H and O–H groups in total. The van der Waals surface area contributed by atoms with Crippen molar-refractivity contribution in [2.24, 2.45) is 0 Å². The maximum Gasteiger partial charge on any atom is 0.211 e. The zero-order valence-corrected chi connectivity index (χ0v) is 18.0. The third-order valence-electron chi connectivity index (χ3n) is 5.64. The van der Waals surface area contributed by atoms with Gasteiger partial charge in [-0.1, -0.05) is 18.2 Å². The number of hydrogen-bond acceptors (Lipinski definition) is 7. The maximum atomic E-state index is 11.7. The zero-order valence-electron chi connectivity index (χ0n) is 17.1. The molecule has 0 atom stereocenters. The molecule has 0 bridgehead atoms. The molecule has 0 aliphatic carbocycles. The topological polar surface area (TPSA) is 110 Å². The van der Waals surface area contributed by atoms with Crippen LogP contribution >= 0.6 is 0 Å². The predicted molar refractivity (Wildman–Crippen MR) is 120 cm³/mol. The second kappa shape index (κ2) is 7.56. The number of piperazine rings is 1. The monoisotopic (exact) mass is 437 g/mol. The molecule has 31 heavy (non-hydrogen) atoms. The minimum absolute atomic E-state index is 0.483. The van der Waals surface area contributed by atoms with Gasteiger partial charge in [-0.2, -0.15) is 13.9 Å². The molecule has 0 unspecified atom stereocenters. The van der Waals surface area contributed by atoms with Crippen molar-refractivity contribution in [1.29, 1.82) is 0 Å². The molecule has 10 heteroatoms. The largest absolute Gasteiger partial charge is 0.384 e. The van der Waals surface area contributed by atoms with E-state index >= 15 is 0 Å². The molecule has 1 saturated heterocycles. The Morgan fingerprint density at radius 3 is 2.61 bits per heavy atom. The molecular weight excluding hydrogens is 414 g/mol. The summed E-state index contributed by atoms with van der Waals surface area (Å²) in [4.78, 5) is 11.6. The molecule has 5 rings (SSSR count). The highest BCUT2D eigenvalue weighted by Crippen LogP contribution is 2.27. The van der Waals surface area contributed by atoms with Gasteiger partial charge in [0.25, 0.3) is 0 Å². The Labute approximate surface area is 180 Å². The van der Waals surface area contributed by atoms with E-state index in [1.165, 1.54) is 10.6 Å². The summed E-state index contributed by atoms with van der Waals surface area (Å²) in [7, 11) is -3.15. The van der Waals surface area contributed by atoms with Crippen molar-refractivity contribution < 1.29 is 8.42 Å². The molecule has 9 nitrogen and oxygen atoms in total. The lowest BCUT2D eigenvalue weighted by molar-refractivity contribution is 0.180. The third-order valence-corrected chi connectivity index (χ3v) is 6.94. The van der Waals surface area contributed by atoms with E-state index in [2.05, 4.69) is 21.0 Å². The number of pyridine rings is 1. The van der Waals surface area contributed by atoms with Crippen LogP contribution in [0, 0.1) is 0 Å². The number of anilines is 1. The Kier molecular flexibility index (Phi) is 4.84. The van der Waals surface area contributed by atoms with Crippen molar-refractivity contribution in [2.75, 3.05) is 38.2 Å². The highest BCUT2D eigenvalue weighted by Gasteiger charge is 2.24. The SMILES string of the molecule is CS(=O)(=O)N1CCN(Cc2cc(N)n3ncc(-c4cnc5ccccc5c4)c3n2)CC1. The van der Waals surface area contributed by atoms with E-state index in [0.29, 0.717) is 44.2 Å². The summed E-state index contributed by atoms with van der Waals surface area (Å²) in [6.45, 7) is 2.87. The van der Waals surface area contributed by atoms with Crippen molar-refractivity contribution in [1.82, 2.24) is 28.8 Å². The first-order valence-electron chi connectivity index (χ1n) is 10.0. The fourth-order valence-electron chi connectivity index (χ4n) is 3.99. The van der Waals surface area contributed by atoms with Gasteiger partial charge in [0.15, 0.2) is 5.65 Å². The number of nitrogens with zero attached hydrogens (tertiary/aromatic N) is 6. The lowest BCUT2D eigenvalue weighted by Crippen LogP contribution is -2.47. The molecule has 4 aromatic rings. The van der Waals surface area contributed by atoms with E-state index in [0.717, 1.165) is 27.7 Å². The smallest absolute Gasteiger partial charge is 0.211 e. The number of sulfonamides is 1. The van der Waals surface area contributed by atoms with Gasteiger partial charge >= 0.3 is 0 Å². The third kappa shape index (κ3) is 3.85. The molecule has 1 fully saturated rings. The molecule has 1 aliphatic heterocycles. The standard InChI is InChI=1S/C21H23N7O2S/c1-31(29,30)27-8-6-26(7-9-27)14-17-11-20(22)28-21(25-17)18(13-24-28)16-10-15-4-2-3-5-19(15)23-12-16/h2-5,10-13H,6-9,14,22H2,1H3. The van der Waals surface area contributed by atoms with Crippen molar-refractivity contribution in [2.45, 2.75) is 6.54 Å². The highest BCUT2D eigenvalue weighted by atomic mass is 32.2.